The molecule has 3 N–H and O–H groups in total. The molecule has 0 spiro atoms. The Kier molecular flexibility index (Phi) is 3.87. The maximum Gasteiger partial charge on any atom is 0.127 e. The van der Waals surface area contributed by atoms with Crippen molar-refractivity contribution in [1.29, 1.82) is 0 Å². The third kappa shape index (κ3) is 3.18. The lowest BCUT2D eigenvalue weighted by atomic mass is 10.1. The lowest BCUT2D eigenvalue weighted by Gasteiger charge is -2.19. The van der Waals surface area contributed by atoms with Crippen LogP contribution in [0.2, 0.25) is 0 Å². The first-order chi connectivity index (χ1) is 9.31. The molecule has 1 saturated carbocycles. The van der Waals surface area contributed by atoms with E-state index < -0.39 is 0 Å². The summed E-state index contributed by atoms with van der Waals surface area (Å²) in [6.45, 7) is 3.09. The number of hydrogen-bond donors (Lipinski definition) is 2. The Hall–Kier alpha value is -1.29. The van der Waals surface area contributed by atoms with E-state index >= 15 is 0 Å². The highest BCUT2D eigenvalue weighted by molar-refractivity contribution is 5.54. The zero-order chi connectivity index (χ0) is 13.1. The zero-order valence-corrected chi connectivity index (χ0v) is 11.5. The van der Waals surface area contributed by atoms with E-state index in [2.05, 4.69) is 27.3 Å². The first kappa shape index (κ1) is 12.7. The van der Waals surface area contributed by atoms with Gasteiger partial charge in [-0.15, -0.1) is 0 Å². The average molecular weight is 260 g/mol. The molecule has 1 aromatic rings. The van der Waals surface area contributed by atoms with Crippen LogP contribution >= 0.6 is 0 Å². The third-order valence-electron chi connectivity index (χ3n) is 4.38. The van der Waals surface area contributed by atoms with Crippen molar-refractivity contribution in [1.82, 2.24) is 4.98 Å². The van der Waals surface area contributed by atoms with Crippen LogP contribution in [0.3, 0.4) is 0 Å². The van der Waals surface area contributed by atoms with Gasteiger partial charge in [0.1, 0.15) is 5.82 Å². The summed E-state index contributed by atoms with van der Waals surface area (Å²) < 4.78 is 0. The normalized spacial score (nSPS) is 24.1. The fourth-order valence-corrected chi connectivity index (χ4v) is 3.20. The van der Waals surface area contributed by atoms with E-state index in [0.29, 0.717) is 6.04 Å². The first-order valence-corrected chi connectivity index (χ1v) is 7.52. The van der Waals surface area contributed by atoms with Crippen molar-refractivity contribution in [2.75, 3.05) is 29.9 Å². The Balaban J connectivity index is 1.59. The van der Waals surface area contributed by atoms with Crippen molar-refractivity contribution in [2.24, 2.45) is 11.7 Å². The number of rotatable bonds is 4. The molecule has 1 aliphatic carbocycles. The maximum absolute atomic E-state index is 5.97. The molecule has 0 bridgehead atoms. The highest BCUT2D eigenvalue weighted by Crippen LogP contribution is 2.26. The second-order valence-corrected chi connectivity index (χ2v) is 5.93. The Morgan fingerprint density at radius 2 is 2.16 bits per heavy atom. The Morgan fingerprint density at radius 1 is 1.32 bits per heavy atom. The molecule has 0 unspecified atom stereocenters. The van der Waals surface area contributed by atoms with Gasteiger partial charge in [-0.1, -0.05) is 12.8 Å². The van der Waals surface area contributed by atoms with E-state index in [1.54, 1.807) is 0 Å². The first-order valence-electron chi connectivity index (χ1n) is 7.52. The molecule has 0 radical (unpaired) electrons. The second kappa shape index (κ2) is 5.78. The summed E-state index contributed by atoms with van der Waals surface area (Å²) in [6.07, 6.45) is 8.52. The molecule has 0 aromatic carbocycles. The molecule has 1 aliphatic heterocycles. The molecule has 104 valence electrons. The van der Waals surface area contributed by atoms with Crippen molar-refractivity contribution < 1.29 is 0 Å². The van der Waals surface area contributed by atoms with Gasteiger partial charge in [0.05, 0.1) is 0 Å². The van der Waals surface area contributed by atoms with Gasteiger partial charge < -0.3 is 16.0 Å². The van der Waals surface area contributed by atoms with Gasteiger partial charge in [-0.25, -0.2) is 4.98 Å². The lowest BCUT2D eigenvalue weighted by molar-refractivity contribution is 0.579. The number of nitrogens with one attached hydrogen (secondary N) is 1. The fourth-order valence-electron chi connectivity index (χ4n) is 3.20. The van der Waals surface area contributed by atoms with Gasteiger partial charge in [-0.2, -0.15) is 0 Å². The van der Waals surface area contributed by atoms with E-state index in [1.165, 1.54) is 31.4 Å². The largest absolute Gasteiger partial charge is 0.370 e. The predicted molar refractivity (Wildman–Crippen MR) is 79.5 cm³/mol. The zero-order valence-electron chi connectivity index (χ0n) is 11.5. The van der Waals surface area contributed by atoms with Gasteiger partial charge in [0.15, 0.2) is 0 Å². The van der Waals surface area contributed by atoms with E-state index in [4.69, 9.17) is 5.73 Å². The van der Waals surface area contributed by atoms with Gasteiger partial charge in [0.25, 0.3) is 0 Å². The van der Waals surface area contributed by atoms with Crippen LogP contribution in [0.5, 0.6) is 0 Å². The minimum atomic E-state index is 0.322. The van der Waals surface area contributed by atoms with Gasteiger partial charge in [0.2, 0.25) is 0 Å². The molecule has 2 heterocycles. The van der Waals surface area contributed by atoms with Crippen LogP contribution in [-0.2, 0) is 0 Å². The Morgan fingerprint density at radius 3 is 2.89 bits per heavy atom. The highest BCUT2D eigenvalue weighted by Gasteiger charge is 2.20. The molecular weight excluding hydrogens is 236 g/mol. The van der Waals surface area contributed by atoms with E-state index in [9.17, 15) is 0 Å². The molecule has 4 nitrogen and oxygen atoms in total. The number of pyridine rings is 1. The number of anilines is 2. The van der Waals surface area contributed by atoms with E-state index in [0.717, 1.165) is 37.8 Å². The summed E-state index contributed by atoms with van der Waals surface area (Å²) in [5, 5.41) is 3.49. The molecule has 1 aromatic heterocycles. The van der Waals surface area contributed by atoms with Crippen LogP contribution in [0.1, 0.15) is 32.1 Å². The summed E-state index contributed by atoms with van der Waals surface area (Å²) in [5.74, 6) is 1.84. The molecule has 2 aliphatic rings. The third-order valence-corrected chi connectivity index (χ3v) is 4.38. The summed E-state index contributed by atoms with van der Waals surface area (Å²) in [6, 6.07) is 4.56. The lowest BCUT2D eigenvalue weighted by Crippen LogP contribution is -2.26. The SMILES string of the molecule is N[C@@H]1CCN(c2ccnc(NCC3CCCC3)c2)C1. The summed E-state index contributed by atoms with van der Waals surface area (Å²) in [4.78, 5) is 6.78. The standard InChI is InChI=1S/C15H24N4/c16-13-6-8-19(11-13)14-5-7-17-15(9-14)18-10-12-3-1-2-4-12/h5,7,9,12-13H,1-4,6,8,10-11,16H2,(H,17,18)/t13-/m1/s1. The molecule has 19 heavy (non-hydrogen) atoms. The van der Waals surface area contributed by atoms with Crippen molar-refractivity contribution in [3.8, 4) is 0 Å². The van der Waals surface area contributed by atoms with Crippen LogP contribution < -0.4 is 16.0 Å². The Bertz CT molecular complexity index is 414. The topological polar surface area (TPSA) is 54.2 Å². The number of nitrogens with zero attached hydrogens (tertiary/aromatic N) is 2. The van der Waals surface area contributed by atoms with Crippen molar-refractivity contribution >= 4 is 11.5 Å². The van der Waals surface area contributed by atoms with Crippen molar-refractivity contribution in [3.63, 3.8) is 0 Å². The van der Waals surface area contributed by atoms with Crippen LogP contribution in [0, 0.1) is 5.92 Å². The minimum absolute atomic E-state index is 0.322. The molecule has 2 fully saturated rings. The monoisotopic (exact) mass is 260 g/mol. The number of aromatic nitrogens is 1. The van der Waals surface area contributed by atoms with Crippen LogP contribution in [0.25, 0.3) is 0 Å². The average Bonchev–Trinajstić information content (AvgIpc) is 3.08. The van der Waals surface area contributed by atoms with Crippen molar-refractivity contribution in [3.05, 3.63) is 18.3 Å². The molecule has 3 rings (SSSR count). The van der Waals surface area contributed by atoms with Crippen LogP contribution in [0.4, 0.5) is 11.5 Å². The van der Waals surface area contributed by atoms with Crippen molar-refractivity contribution in [2.45, 2.75) is 38.1 Å². The van der Waals surface area contributed by atoms with E-state index in [1.807, 2.05) is 6.20 Å². The minimum Gasteiger partial charge on any atom is -0.370 e. The van der Waals surface area contributed by atoms with Gasteiger partial charge in [-0.3, -0.25) is 0 Å². The molecule has 4 heteroatoms. The van der Waals surface area contributed by atoms with Gasteiger partial charge in [-0.05, 0) is 31.2 Å². The van der Waals surface area contributed by atoms with E-state index in [-0.39, 0.29) is 0 Å². The second-order valence-electron chi connectivity index (χ2n) is 5.93. The quantitative estimate of drug-likeness (QED) is 0.871. The summed E-state index contributed by atoms with van der Waals surface area (Å²) in [7, 11) is 0. The number of nitrogens with two attached hydrogens (primary N) is 1. The summed E-state index contributed by atoms with van der Waals surface area (Å²) >= 11 is 0. The summed E-state index contributed by atoms with van der Waals surface area (Å²) in [5.41, 5.74) is 7.22. The Labute approximate surface area is 115 Å². The predicted octanol–water partition coefficient (Wildman–Crippen LogP) is 2.22. The van der Waals surface area contributed by atoms with Gasteiger partial charge >= 0.3 is 0 Å². The molecular formula is C15H24N4. The molecule has 0 amide bonds. The number of hydrogen-bond acceptors (Lipinski definition) is 4. The molecule has 1 atom stereocenters. The fraction of sp³-hybridized carbons (Fsp3) is 0.667. The molecule has 1 saturated heterocycles. The maximum atomic E-state index is 5.97. The van der Waals surface area contributed by atoms with Gasteiger partial charge in [0, 0.05) is 43.6 Å². The smallest absolute Gasteiger partial charge is 0.127 e. The van der Waals surface area contributed by atoms with Crippen LogP contribution in [0.15, 0.2) is 18.3 Å². The highest BCUT2D eigenvalue weighted by atomic mass is 15.2. The van der Waals surface area contributed by atoms with Crippen LogP contribution in [-0.4, -0.2) is 30.7 Å².